The zero-order valence-electron chi connectivity index (χ0n) is 10.8. The molecule has 0 aliphatic carbocycles. The average Bonchev–Trinajstić information content (AvgIpc) is 2.23. The molecule has 0 saturated carbocycles. The first-order valence-corrected chi connectivity index (χ1v) is 6.34. The number of rotatable bonds is 7. The fraction of sp³-hybridized carbons (Fsp3) is 0.818. The van der Waals surface area contributed by atoms with Crippen molar-refractivity contribution < 1.29 is 9.59 Å². The quantitative estimate of drug-likeness (QED) is 0.701. The van der Waals surface area contributed by atoms with E-state index in [-0.39, 0.29) is 24.2 Å². The second-order valence-corrected chi connectivity index (χ2v) is 4.46. The molecule has 100 valence electrons. The second kappa shape index (κ2) is 9.24. The van der Waals surface area contributed by atoms with E-state index in [0.29, 0.717) is 13.1 Å². The molecule has 0 aromatic heterocycles. The monoisotopic (exact) mass is 263 g/mol. The van der Waals surface area contributed by atoms with E-state index in [4.69, 9.17) is 11.6 Å². The van der Waals surface area contributed by atoms with Gasteiger partial charge in [0.15, 0.2) is 0 Å². The Morgan fingerprint density at radius 3 is 2.29 bits per heavy atom. The molecule has 0 fully saturated rings. The third kappa shape index (κ3) is 7.99. The van der Waals surface area contributed by atoms with Crippen molar-refractivity contribution in [1.82, 2.24) is 15.1 Å². The van der Waals surface area contributed by atoms with Crippen LogP contribution in [0.4, 0.5) is 4.79 Å². The fourth-order valence-corrected chi connectivity index (χ4v) is 1.42. The zero-order valence-corrected chi connectivity index (χ0v) is 11.6. The highest BCUT2D eigenvalue weighted by molar-refractivity contribution is 6.19. The number of carbonyl (C=O) groups excluding carboxylic acids is 2. The standard InChI is InChI=1S/C11H22ClN3O2/c1-4-7-15(9-8-14(2)3)11(17)13-10(16)5-6-12/h4-9H2,1-3H3,(H,13,16,17). The van der Waals surface area contributed by atoms with Gasteiger partial charge in [-0.1, -0.05) is 6.92 Å². The van der Waals surface area contributed by atoms with E-state index in [1.807, 2.05) is 25.9 Å². The summed E-state index contributed by atoms with van der Waals surface area (Å²) in [6.45, 7) is 4.03. The lowest BCUT2D eigenvalue weighted by Gasteiger charge is -2.23. The van der Waals surface area contributed by atoms with E-state index in [2.05, 4.69) is 5.32 Å². The van der Waals surface area contributed by atoms with Crippen LogP contribution in [0, 0.1) is 0 Å². The van der Waals surface area contributed by atoms with Gasteiger partial charge in [-0.3, -0.25) is 10.1 Å². The van der Waals surface area contributed by atoms with Crippen LogP contribution in [0.5, 0.6) is 0 Å². The molecule has 0 aromatic rings. The van der Waals surface area contributed by atoms with Crippen molar-refractivity contribution in [2.45, 2.75) is 19.8 Å². The summed E-state index contributed by atoms with van der Waals surface area (Å²) in [7, 11) is 3.89. The van der Waals surface area contributed by atoms with E-state index >= 15 is 0 Å². The van der Waals surface area contributed by atoms with Gasteiger partial charge in [0.25, 0.3) is 0 Å². The van der Waals surface area contributed by atoms with Gasteiger partial charge in [-0.05, 0) is 20.5 Å². The molecule has 0 aromatic carbocycles. The van der Waals surface area contributed by atoms with Gasteiger partial charge in [-0.15, -0.1) is 11.6 Å². The number of likely N-dealkylation sites (N-methyl/N-ethyl adjacent to an activating group) is 1. The Kier molecular flexibility index (Phi) is 8.80. The number of alkyl halides is 1. The number of halogens is 1. The minimum Gasteiger partial charge on any atom is -0.323 e. The van der Waals surface area contributed by atoms with Crippen LogP contribution in [0.25, 0.3) is 0 Å². The second-order valence-electron chi connectivity index (χ2n) is 4.08. The lowest BCUT2D eigenvalue weighted by molar-refractivity contribution is -0.119. The van der Waals surface area contributed by atoms with Crippen molar-refractivity contribution in [2.75, 3.05) is 39.6 Å². The molecule has 0 atom stereocenters. The maximum atomic E-state index is 11.8. The molecular weight excluding hydrogens is 242 g/mol. The molecule has 5 nitrogen and oxygen atoms in total. The van der Waals surface area contributed by atoms with E-state index in [1.165, 1.54) is 0 Å². The molecule has 6 heteroatoms. The summed E-state index contributed by atoms with van der Waals surface area (Å²) in [5.41, 5.74) is 0. The lowest BCUT2D eigenvalue weighted by Crippen LogP contribution is -2.45. The number of amides is 3. The number of hydrogen-bond acceptors (Lipinski definition) is 3. The summed E-state index contributed by atoms with van der Waals surface area (Å²) in [6, 6.07) is -0.330. The van der Waals surface area contributed by atoms with Gasteiger partial charge in [0.05, 0.1) is 0 Å². The molecule has 0 aliphatic rings. The molecule has 0 saturated heterocycles. The van der Waals surface area contributed by atoms with Crippen LogP contribution < -0.4 is 5.32 Å². The van der Waals surface area contributed by atoms with Crippen molar-refractivity contribution in [3.63, 3.8) is 0 Å². The Hall–Kier alpha value is -0.810. The summed E-state index contributed by atoms with van der Waals surface area (Å²) in [5.74, 6) is -0.0964. The molecule has 0 bridgehead atoms. The minimum atomic E-state index is -0.330. The van der Waals surface area contributed by atoms with Gasteiger partial charge in [-0.25, -0.2) is 4.79 Å². The maximum absolute atomic E-state index is 11.8. The highest BCUT2D eigenvalue weighted by atomic mass is 35.5. The van der Waals surface area contributed by atoms with Gasteiger partial charge in [-0.2, -0.15) is 0 Å². The van der Waals surface area contributed by atoms with Crippen LogP contribution in [0.15, 0.2) is 0 Å². The molecule has 0 heterocycles. The predicted octanol–water partition coefficient (Wildman–Crippen LogP) is 1.13. The highest BCUT2D eigenvalue weighted by Crippen LogP contribution is 1.95. The summed E-state index contributed by atoms with van der Waals surface area (Å²) in [4.78, 5) is 26.7. The Labute approximate surface area is 108 Å². The van der Waals surface area contributed by atoms with Crippen LogP contribution >= 0.6 is 11.6 Å². The van der Waals surface area contributed by atoms with Gasteiger partial charge in [0.2, 0.25) is 5.91 Å². The molecule has 0 spiro atoms. The summed E-state index contributed by atoms with van der Waals surface area (Å²) in [5, 5.41) is 2.33. The van der Waals surface area contributed by atoms with E-state index in [9.17, 15) is 9.59 Å². The van der Waals surface area contributed by atoms with Crippen LogP contribution in [-0.4, -0.2) is 61.3 Å². The number of carbonyl (C=O) groups is 2. The Morgan fingerprint density at radius 1 is 1.18 bits per heavy atom. The topological polar surface area (TPSA) is 52.6 Å². The summed E-state index contributed by atoms with van der Waals surface area (Å²) >= 11 is 5.43. The Bertz CT molecular complexity index is 247. The van der Waals surface area contributed by atoms with Crippen LogP contribution in [-0.2, 0) is 4.79 Å². The Morgan fingerprint density at radius 2 is 1.82 bits per heavy atom. The smallest absolute Gasteiger partial charge is 0.323 e. The van der Waals surface area contributed by atoms with Crippen molar-refractivity contribution in [3.8, 4) is 0 Å². The number of nitrogens with one attached hydrogen (secondary N) is 1. The van der Waals surface area contributed by atoms with Crippen molar-refractivity contribution in [2.24, 2.45) is 0 Å². The number of nitrogens with zero attached hydrogens (tertiary/aromatic N) is 2. The average molecular weight is 264 g/mol. The first-order valence-electron chi connectivity index (χ1n) is 5.80. The van der Waals surface area contributed by atoms with Crippen LogP contribution in [0.3, 0.4) is 0 Å². The predicted molar refractivity (Wildman–Crippen MR) is 69.3 cm³/mol. The SMILES string of the molecule is CCCN(CCN(C)C)C(=O)NC(=O)CCCl. The molecule has 17 heavy (non-hydrogen) atoms. The molecule has 0 aliphatic heterocycles. The molecular formula is C11H22ClN3O2. The van der Waals surface area contributed by atoms with Crippen molar-refractivity contribution in [1.29, 1.82) is 0 Å². The van der Waals surface area contributed by atoms with Crippen molar-refractivity contribution >= 4 is 23.5 Å². The Balaban J connectivity index is 4.18. The van der Waals surface area contributed by atoms with E-state index in [0.717, 1.165) is 13.0 Å². The fourth-order valence-electron chi connectivity index (χ4n) is 1.25. The lowest BCUT2D eigenvalue weighted by atomic mass is 10.4. The molecule has 0 unspecified atom stereocenters. The molecule has 0 rings (SSSR count). The third-order valence-corrected chi connectivity index (χ3v) is 2.35. The molecule has 3 amide bonds. The van der Waals surface area contributed by atoms with E-state index < -0.39 is 0 Å². The van der Waals surface area contributed by atoms with Gasteiger partial charge >= 0.3 is 6.03 Å². The molecule has 0 radical (unpaired) electrons. The number of urea groups is 1. The minimum absolute atomic E-state index is 0.168. The van der Waals surface area contributed by atoms with Crippen LogP contribution in [0.2, 0.25) is 0 Å². The summed E-state index contributed by atoms with van der Waals surface area (Å²) < 4.78 is 0. The first kappa shape index (κ1) is 16.2. The highest BCUT2D eigenvalue weighted by Gasteiger charge is 2.14. The molecule has 1 N–H and O–H groups in total. The van der Waals surface area contributed by atoms with Gasteiger partial charge in [0.1, 0.15) is 0 Å². The third-order valence-electron chi connectivity index (χ3n) is 2.17. The van der Waals surface area contributed by atoms with E-state index in [1.54, 1.807) is 4.90 Å². The van der Waals surface area contributed by atoms with Crippen molar-refractivity contribution in [3.05, 3.63) is 0 Å². The van der Waals surface area contributed by atoms with Gasteiger partial charge in [0, 0.05) is 31.9 Å². The zero-order chi connectivity index (χ0) is 13.3. The number of imide groups is 1. The normalized spacial score (nSPS) is 10.4. The maximum Gasteiger partial charge on any atom is 0.324 e. The largest absolute Gasteiger partial charge is 0.324 e. The van der Waals surface area contributed by atoms with Crippen LogP contribution in [0.1, 0.15) is 19.8 Å². The first-order chi connectivity index (χ1) is 8.01. The van der Waals surface area contributed by atoms with Gasteiger partial charge < -0.3 is 9.80 Å². The summed E-state index contributed by atoms with van der Waals surface area (Å²) in [6.07, 6.45) is 1.03. The number of hydrogen-bond donors (Lipinski definition) is 1.